The van der Waals surface area contributed by atoms with Crippen LogP contribution in [0.1, 0.15) is 63.4 Å². The molecule has 0 aromatic heterocycles. The molecule has 0 heterocycles. The highest BCUT2D eigenvalue weighted by Crippen LogP contribution is 2.29. The minimum absolute atomic E-state index is 0.0427. The standard InChI is InChI=1S/C21H28FNO/c22-19-11-9-17(10-12-19)13-15-21(24)14-5-4-8-20(21)23-16-18-6-2-1-3-7-18/h9-12,18,20,23-24H,1-8,14,16H2/t20-,21+/m0/s1. The summed E-state index contributed by atoms with van der Waals surface area (Å²) in [5, 5.41) is 14.7. The molecule has 2 saturated carbocycles. The summed E-state index contributed by atoms with van der Waals surface area (Å²) in [5.41, 5.74) is -0.220. The van der Waals surface area contributed by atoms with Crippen molar-refractivity contribution in [3.63, 3.8) is 0 Å². The number of hydrogen-bond donors (Lipinski definition) is 2. The van der Waals surface area contributed by atoms with Crippen LogP contribution in [0, 0.1) is 23.6 Å². The van der Waals surface area contributed by atoms with E-state index in [1.807, 2.05) is 0 Å². The van der Waals surface area contributed by atoms with Gasteiger partial charge in [0.05, 0.1) is 0 Å². The van der Waals surface area contributed by atoms with Crippen molar-refractivity contribution < 1.29 is 9.50 Å². The lowest BCUT2D eigenvalue weighted by Gasteiger charge is -2.38. The van der Waals surface area contributed by atoms with Crippen molar-refractivity contribution in [3.05, 3.63) is 35.6 Å². The van der Waals surface area contributed by atoms with E-state index in [0.717, 1.165) is 37.3 Å². The van der Waals surface area contributed by atoms with Gasteiger partial charge in [0, 0.05) is 11.6 Å². The average molecular weight is 329 g/mol. The molecule has 0 aliphatic heterocycles. The van der Waals surface area contributed by atoms with Crippen LogP contribution in [0.4, 0.5) is 4.39 Å². The second kappa shape index (κ2) is 8.14. The van der Waals surface area contributed by atoms with Crippen LogP contribution in [-0.2, 0) is 0 Å². The molecule has 24 heavy (non-hydrogen) atoms. The predicted octanol–water partition coefficient (Wildman–Crippen LogP) is 4.02. The molecule has 2 fully saturated rings. The van der Waals surface area contributed by atoms with Crippen LogP contribution in [0.2, 0.25) is 0 Å². The Bertz CT molecular complexity index is 582. The van der Waals surface area contributed by atoms with E-state index in [2.05, 4.69) is 17.2 Å². The molecule has 2 nitrogen and oxygen atoms in total. The lowest BCUT2D eigenvalue weighted by Crippen LogP contribution is -2.53. The van der Waals surface area contributed by atoms with E-state index in [1.54, 1.807) is 12.1 Å². The van der Waals surface area contributed by atoms with Gasteiger partial charge in [-0.15, -0.1) is 0 Å². The SMILES string of the molecule is O[C@@]1(C#Cc2ccc(F)cc2)CCCC[C@@H]1NCC1CCCCC1. The summed E-state index contributed by atoms with van der Waals surface area (Å²) in [6.45, 7) is 0.991. The fourth-order valence-corrected chi connectivity index (χ4v) is 3.99. The van der Waals surface area contributed by atoms with Crippen LogP contribution in [0.3, 0.4) is 0 Å². The molecule has 3 rings (SSSR count). The molecule has 0 radical (unpaired) electrons. The molecule has 2 N–H and O–H groups in total. The molecule has 2 aliphatic rings. The zero-order valence-electron chi connectivity index (χ0n) is 14.4. The zero-order chi connectivity index (χ0) is 16.8. The number of rotatable bonds is 3. The van der Waals surface area contributed by atoms with Gasteiger partial charge < -0.3 is 10.4 Å². The number of halogens is 1. The van der Waals surface area contributed by atoms with Gasteiger partial charge >= 0.3 is 0 Å². The molecule has 0 unspecified atom stereocenters. The van der Waals surface area contributed by atoms with Gasteiger partial charge in [-0.1, -0.05) is 37.5 Å². The smallest absolute Gasteiger partial charge is 0.141 e. The van der Waals surface area contributed by atoms with E-state index >= 15 is 0 Å². The molecule has 1 aromatic carbocycles. The summed E-state index contributed by atoms with van der Waals surface area (Å²) in [4.78, 5) is 0. The van der Waals surface area contributed by atoms with Crippen LogP contribution in [0.25, 0.3) is 0 Å². The normalized spacial score (nSPS) is 28.2. The minimum atomic E-state index is -0.971. The Morgan fingerprint density at radius 2 is 1.75 bits per heavy atom. The summed E-state index contributed by atoms with van der Waals surface area (Å²) in [6, 6.07) is 6.19. The quantitative estimate of drug-likeness (QED) is 0.821. The van der Waals surface area contributed by atoms with E-state index in [-0.39, 0.29) is 11.9 Å². The van der Waals surface area contributed by atoms with Crippen LogP contribution in [0.15, 0.2) is 24.3 Å². The molecule has 1 aromatic rings. The van der Waals surface area contributed by atoms with Gasteiger partial charge in [0.2, 0.25) is 0 Å². The highest BCUT2D eigenvalue weighted by molar-refractivity contribution is 5.37. The molecule has 2 aliphatic carbocycles. The Balaban J connectivity index is 1.64. The first-order valence-corrected chi connectivity index (χ1v) is 9.40. The molecular weight excluding hydrogens is 301 g/mol. The van der Waals surface area contributed by atoms with Crippen molar-refractivity contribution in [1.29, 1.82) is 0 Å². The van der Waals surface area contributed by atoms with Crippen molar-refractivity contribution in [1.82, 2.24) is 5.32 Å². The maximum atomic E-state index is 13.0. The van der Waals surface area contributed by atoms with Crippen LogP contribution in [0.5, 0.6) is 0 Å². The number of nitrogens with one attached hydrogen (secondary N) is 1. The summed E-state index contributed by atoms with van der Waals surface area (Å²) in [6.07, 6.45) is 10.5. The summed E-state index contributed by atoms with van der Waals surface area (Å²) in [5.74, 6) is 6.62. The second-order valence-electron chi connectivity index (χ2n) is 7.39. The van der Waals surface area contributed by atoms with Crippen LogP contribution >= 0.6 is 0 Å². The molecule has 130 valence electrons. The number of hydrogen-bond acceptors (Lipinski definition) is 2. The third kappa shape index (κ3) is 4.59. The van der Waals surface area contributed by atoms with Gasteiger partial charge in [-0.05, 0) is 68.8 Å². The van der Waals surface area contributed by atoms with Gasteiger partial charge in [-0.25, -0.2) is 4.39 Å². The Hall–Kier alpha value is -1.37. The molecule has 0 bridgehead atoms. The highest BCUT2D eigenvalue weighted by Gasteiger charge is 2.37. The lowest BCUT2D eigenvalue weighted by molar-refractivity contribution is 0.0240. The first-order chi connectivity index (χ1) is 11.7. The number of benzene rings is 1. The second-order valence-corrected chi connectivity index (χ2v) is 7.39. The van der Waals surface area contributed by atoms with Crippen LogP contribution in [-0.4, -0.2) is 23.3 Å². The molecule has 0 saturated heterocycles. The van der Waals surface area contributed by atoms with Crippen molar-refractivity contribution in [2.24, 2.45) is 5.92 Å². The molecule has 3 heteroatoms. The van der Waals surface area contributed by atoms with Crippen molar-refractivity contribution >= 4 is 0 Å². The minimum Gasteiger partial charge on any atom is -0.376 e. The van der Waals surface area contributed by atoms with Gasteiger partial charge in [0.15, 0.2) is 0 Å². The Labute approximate surface area is 144 Å². The molecule has 0 amide bonds. The van der Waals surface area contributed by atoms with Crippen molar-refractivity contribution in [2.45, 2.75) is 69.4 Å². The van der Waals surface area contributed by atoms with E-state index in [0.29, 0.717) is 6.42 Å². The van der Waals surface area contributed by atoms with E-state index in [4.69, 9.17) is 0 Å². The highest BCUT2D eigenvalue weighted by atomic mass is 19.1. The summed E-state index contributed by atoms with van der Waals surface area (Å²) in [7, 11) is 0. The van der Waals surface area contributed by atoms with Gasteiger partial charge in [-0.3, -0.25) is 0 Å². The molecule has 2 atom stereocenters. The third-order valence-corrected chi connectivity index (χ3v) is 5.52. The van der Waals surface area contributed by atoms with Gasteiger partial charge in [-0.2, -0.15) is 0 Å². The largest absolute Gasteiger partial charge is 0.376 e. The van der Waals surface area contributed by atoms with Gasteiger partial charge in [0.25, 0.3) is 0 Å². The van der Waals surface area contributed by atoms with Crippen molar-refractivity contribution in [2.75, 3.05) is 6.54 Å². The maximum Gasteiger partial charge on any atom is 0.141 e. The number of aliphatic hydroxyl groups is 1. The Morgan fingerprint density at radius 1 is 1.04 bits per heavy atom. The average Bonchev–Trinajstić information content (AvgIpc) is 2.61. The summed E-state index contributed by atoms with van der Waals surface area (Å²) < 4.78 is 13.0. The van der Waals surface area contributed by atoms with Crippen molar-refractivity contribution in [3.8, 4) is 11.8 Å². The van der Waals surface area contributed by atoms with E-state index in [9.17, 15) is 9.50 Å². The fourth-order valence-electron chi connectivity index (χ4n) is 3.99. The molecule has 0 spiro atoms. The Morgan fingerprint density at radius 3 is 2.50 bits per heavy atom. The topological polar surface area (TPSA) is 32.3 Å². The van der Waals surface area contributed by atoms with E-state index < -0.39 is 5.60 Å². The maximum absolute atomic E-state index is 13.0. The first-order valence-electron chi connectivity index (χ1n) is 9.40. The van der Waals surface area contributed by atoms with Gasteiger partial charge in [0.1, 0.15) is 11.4 Å². The monoisotopic (exact) mass is 329 g/mol. The lowest BCUT2D eigenvalue weighted by atomic mass is 9.80. The summed E-state index contributed by atoms with van der Waals surface area (Å²) >= 11 is 0. The fraction of sp³-hybridized carbons (Fsp3) is 0.619. The van der Waals surface area contributed by atoms with Crippen LogP contribution < -0.4 is 5.32 Å². The predicted molar refractivity (Wildman–Crippen MR) is 95.1 cm³/mol. The first kappa shape index (κ1) is 17.5. The Kier molecular flexibility index (Phi) is 5.92. The third-order valence-electron chi connectivity index (χ3n) is 5.52. The van der Waals surface area contributed by atoms with E-state index in [1.165, 1.54) is 44.2 Å². The zero-order valence-corrected chi connectivity index (χ0v) is 14.4. The molecular formula is C21H28FNO.